The molecule has 3 rings (SSSR count). The van der Waals surface area contributed by atoms with Crippen LogP contribution in [0.1, 0.15) is 18.6 Å². The van der Waals surface area contributed by atoms with Gasteiger partial charge in [-0.2, -0.15) is 0 Å². The summed E-state index contributed by atoms with van der Waals surface area (Å²) in [6.07, 6.45) is -6.20. The molecule has 24 heavy (non-hydrogen) atoms. The second kappa shape index (κ2) is 6.83. The van der Waals surface area contributed by atoms with Crippen LogP contribution in [0.5, 0.6) is 11.5 Å². The third-order valence-corrected chi connectivity index (χ3v) is 4.44. The Balaban J connectivity index is 1.83. The van der Waals surface area contributed by atoms with Crippen LogP contribution in [-0.4, -0.2) is 71.0 Å². The van der Waals surface area contributed by atoms with E-state index in [4.69, 9.17) is 18.9 Å². The Hall–Kier alpha value is -1.42. The number of rotatable bonds is 3. The van der Waals surface area contributed by atoms with Crippen LogP contribution in [0.25, 0.3) is 0 Å². The Labute approximate surface area is 139 Å². The molecule has 4 N–H and O–H groups in total. The van der Waals surface area contributed by atoms with E-state index in [1.807, 2.05) is 0 Å². The van der Waals surface area contributed by atoms with Crippen molar-refractivity contribution in [1.82, 2.24) is 0 Å². The lowest BCUT2D eigenvalue weighted by atomic mass is 9.96. The number of aromatic hydroxyl groups is 1. The lowest BCUT2D eigenvalue weighted by Gasteiger charge is -2.48. The van der Waals surface area contributed by atoms with E-state index in [0.29, 0.717) is 11.3 Å². The highest BCUT2D eigenvalue weighted by molar-refractivity contribution is 5.42. The highest BCUT2D eigenvalue weighted by Crippen LogP contribution is 2.39. The van der Waals surface area contributed by atoms with Gasteiger partial charge in [0.15, 0.2) is 17.8 Å². The maximum Gasteiger partial charge on any atom is 0.187 e. The normalized spacial score (nSPS) is 39.3. The molecule has 0 bridgehead atoms. The molecule has 0 unspecified atom stereocenters. The first-order valence-electron chi connectivity index (χ1n) is 7.76. The van der Waals surface area contributed by atoms with Crippen molar-refractivity contribution in [1.29, 1.82) is 0 Å². The maximum absolute atomic E-state index is 10.3. The lowest BCUT2D eigenvalue weighted by molar-refractivity contribution is -0.366. The minimum Gasteiger partial charge on any atom is -0.504 e. The van der Waals surface area contributed by atoms with Gasteiger partial charge < -0.3 is 39.4 Å². The van der Waals surface area contributed by atoms with Crippen LogP contribution in [0.2, 0.25) is 0 Å². The van der Waals surface area contributed by atoms with Crippen molar-refractivity contribution in [2.24, 2.45) is 0 Å². The predicted octanol–water partition coefficient (Wildman–Crippen LogP) is -0.315. The Kier molecular flexibility index (Phi) is 4.95. The summed E-state index contributed by atoms with van der Waals surface area (Å²) in [5.74, 6) is 0.303. The van der Waals surface area contributed by atoms with Crippen LogP contribution >= 0.6 is 0 Å². The Morgan fingerprint density at radius 1 is 1.12 bits per heavy atom. The molecule has 0 radical (unpaired) electrons. The second-order valence-corrected chi connectivity index (χ2v) is 6.00. The number of hydrogen-bond donors (Lipinski definition) is 4. The number of aliphatic hydroxyl groups excluding tert-OH is 3. The van der Waals surface area contributed by atoms with E-state index in [0.717, 1.165) is 0 Å². The monoisotopic (exact) mass is 342 g/mol. The van der Waals surface area contributed by atoms with Gasteiger partial charge in [-0.05, 0) is 24.6 Å². The van der Waals surface area contributed by atoms with Crippen LogP contribution in [0.15, 0.2) is 18.2 Å². The van der Waals surface area contributed by atoms with E-state index in [9.17, 15) is 20.4 Å². The van der Waals surface area contributed by atoms with Crippen molar-refractivity contribution in [2.75, 3.05) is 13.7 Å². The van der Waals surface area contributed by atoms with E-state index in [1.165, 1.54) is 13.2 Å². The van der Waals surface area contributed by atoms with Gasteiger partial charge in [0.2, 0.25) is 0 Å². The summed E-state index contributed by atoms with van der Waals surface area (Å²) < 4.78 is 22.3. The number of aliphatic hydroxyl groups is 3. The van der Waals surface area contributed by atoms with E-state index in [-0.39, 0.29) is 5.75 Å². The Morgan fingerprint density at radius 3 is 2.54 bits per heavy atom. The quantitative estimate of drug-likeness (QED) is 0.591. The number of benzene rings is 1. The molecule has 2 saturated heterocycles. The minimum absolute atomic E-state index is 0.00533. The average Bonchev–Trinajstić information content (AvgIpc) is 2.58. The van der Waals surface area contributed by atoms with E-state index >= 15 is 0 Å². The molecule has 2 heterocycles. The van der Waals surface area contributed by atoms with Gasteiger partial charge in [0, 0.05) is 0 Å². The standard InChI is InChI=1S/C16H22O8/c1-7-14(8-3-4-9(18)10(5-8)21-2)24-15-13(20)12(19)11(6-17)23-16(15)22-7/h3-5,7,11-20H,6H2,1-2H3/t7-,11+,12+,13-,14+,15+,16+/m0/s1. The average molecular weight is 342 g/mol. The molecule has 2 aliphatic rings. The molecule has 1 aromatic carbocycles. The minimum atomic E-state index is -1.27. The van der Waals surface area contributed by atoms with Gasteiger partial charge in [0.1, 0.15) is 30.5 Å². The number of ether oxygens (including phenoxy) is 4. The van der Waals surface area contributed by atoms with Crippen LogP contribution in [0.4, 0.5) is 0 Å². The van der Waals surface area contributed by atoms with Crippen LogP contribution < -0.4 is 4.74 Å². The van der Waals surface area contributed by atoms with E-state index < -0.39 is 49.5 Å². The van der Waals surface area contributed by atoms with Gasteiger partial charge in [0.05, 0.1) is 19.8 Å². The Bertz CT molecular complexity index is 579. The molecule has 8 nitrogen and oxygen atoms in total. The highest BCUT2D eigenvalue weighted by Gasteiger charge is 2.50. The molecular weight excluding hydrogens is 320 g/mol. The van der Waals surface area contributed by atoms with E-state index in [2.05, 4.69) is 0 Å². The molecule has 134 valence electrons. The zero-order valence-electron chi connectivity index (χ0n) is 13.4. The molecule has 7 atom stereocenters. The first-order valence-corrected chi connectivity index (χ1v) is 7.76. The zero-order chi connectivity index (χ0) is 17.4. The summed E-state index contributed by atoms with van der Waals surface area (Å²) >= 11 is 0. The first kappa shape index (κ1) is 17.4. The fourth-order valence-corrected chi connectivity index (χ4v) is 3.09. The smallest absolute Gasteiger partial charge is 0.187 e. The fraction of sp³-hybridized carbons (Fsp3) is 0.625. The molecule has 0 aliphatic carbocycles. The molecule has 0 amide bonds. The topological polar surface area (TPSA) is 118 Å². The zero-order valence-corrected chi connectivity index (χ0v) is 13.4. The summed E-state index contributed by atoms with van der Waals surface area (Å²) in [5, 5.41) is 39.2. The van der Waals surface area contributed by atoms with Crippen LogP contribution in [0, 0.1) is 0 Å². The Morgan fingerprint density at radius 2 is 1.88 bits per heavy atom. The van der Waals surface area contributed by atoms with Gasteiger partial charge in [0.25, 0.3) is 0 Å². The molecule has 8 heteroatoms. The lowest BCUT2D eigenvalue weighted by Crippen LogP contribution is -2.63. The largest absolute Gasteiger partial charge is 0.504 e. The van der Waals surface area contributed by atoms with Gasteiger partial charge in [-0.1, -0.05) is 6.07 Å². The molecule has 2 aliphatic heterocycles. The van der Waals surface area contributed by atoms with Gasteiger partial charge in [-0.3, -0.25) is 0 Å². The SMILES string of the molecule is COc1cc([C@@H]2O[C@H]3[C@H](O[C@H]2C)O[C@H](CO)[C@@H](O)[C@@H]3O)ccc1O. The first-order chi connectivity index (χ1) is 11.5. The second-order valence-electron chi connectivity index (χ2n) is 6.00. The summed E-state index contributed by atoms with van der Waals surface area (Å²) in [6.45, 7) is 1.35. The molecule has 0 aromatic heterocycles. The molecule has 0 saturated carbocycles. The summed E-state index contributed by atoms with van der Waals surface area (Å²) in [4.78, 5) is 0. The van der Waals surface area contributed by atoms with Gasteiger partial charge >= 0.3 is 0 Å². The van der Waals surface area contributed by atoms with Crippen molar-refractivity contribution in [3.8, 4) is 11.5 Å². The van der Waals surface area contributed by atoms with Crippen molar-refractivity contribution < 1.29 is 39.4 Å². The van der Waals surface area contributed by atoms with Crippen molar-refractivity contribution in [3.05, 3.63) is 23.8 Å². The highest BCUT2D eigenvalue weighted by atomic mass is 16.7. The summed E-state index contributed by atoms with van der Waals surface area (Å²) in [7, 11) is 1.45. The molecule has 1 aromatic rings. The van der Waals surface area contributed by atoms with Crippen LogP contribution in [0.3, 0.4) is 0 Å². The van der Waals surface area contributed by atoms with Crippen molar-refractivity contribution >= 4 is 0 Å². The van der Waals surface area contributed by atoms with E-state index in [1.54, 1.807) is 19.1 Å². The van der Waals surface area contributed by atoms with Crippen molar-refractivity contribution in [3.63, 3.8) is 0 Å². The third-order valence-electron chi connectivity index (χ3n) is 4.44. The summed E-state index contributed by atoms with van der Waals surface area (Å²) in [6, 6.07) is 4.79. The van der Waals surface area contributed by atoms with Crippen LogP contribution in [-0.2, 0) is 14.2 Å². The summed E-state index contributed by atoms with van der Waals surface area (Å²) in [5.41, 5.74) is 0.696. The van der Waals surface area contributed by atoms with Crippen molar-refractivity contribution in [2.45, 2.75) is 49.8 Å². The number of fused-ring (bicyclic) bond motifs is 1. The number of phenolic OH excluding ortho intramolecular Hbond substituents is 1. The molecule has 2 fully saturated rings. The third kappa shape index (κ3) is 2.97. The number of methoxy groups -OCH3 is 1. The number of hydrogen-bond acceptors (Lipinski definition) is 8. The fourth-order valence-electron chi connectivity index (χ4n) is 3.09. The number of phenols is 1. The molecular formula is C16H22O8. The predicted molar refractivity (Wildman–Crippen MR) is 80.6 cm³/mol. The van der Waals surface area contributed by atoms with Gasteiger partial charge in [-0.25, -0.2) is 0 Å². The maximum atomic E-state index is 10.3. The van der Waals surface area contributed by atoms with Gasteiger partial charge in [-0.15, -0.1) is 0 Å². The molecule has 0 spiro atoms.